The zero-order valence-corrected chi connectivity index (χ0v) is 11.3. The number of anilines is 1. The van der Waals surface area contributed by atoms with E-state index in [0.717, 1.165) is 31.4 Å². The largest absolute Gasteiger partial charge is 0.478 e. The van der Waals surface area contributed by atoms with Crippen LogP contribution in [0.25, 0.3) is 0 Å². The van der Waals surface area contributed by atoms with Gasteiger partial charge in [-0.1, -0.05) is 6.42 Å². The van der Waals surface area contributed by atoms with Crippen molar-refractivity contribution in [2.75, 3.05) is 18.1 Å². The molecule has 2 rings (SSSR count). The van der Waals surface area contributed by atoms with E-state index in [-0.39, 0.29) is 16.0 Å². The summed E-state index contributed by atoms with van der Waals surface area (Å²) in [5, 5.41) is 11.5. The average molecular weight is 287 g/mol. The van der Waals surface area contributed by atoms with Gasteiger partial charge in [-0.05, 0) is 31.2 Å². The number of carboxylic acid groups (broad SMARTS) is 1. The van der Waals surface area contributed by atoms with Gasteiger partial charge in [0.1, 0.15) is 17.3 Å². The minimum absolute atomic E-state index is 0.0460. The van der Waals surface area contributed by atoms with E-state index in [4.69, 9.17) is 5.11 Å². The maximum absolute atomic E-state index is 13.7. The number of aromatic carboxylic acids is 1. The average Bonchev–Trinajstić information content (AvgIpc) is 2.30. The number of nitrogens with one attached hydrogen (secondary N) is 1. The molecule has 0 saturated heterocycles. The molecule has 0 spiro atoms. The highest BCUT2D eigenvalue weighted by Crippen LogP contribution is 2.43. The topological polar surface area (TPSA) is 49.3 Å². The Balaban J connectivity index is 2.14. The number of carboxylic acids is 1. The fourth-order valence-corrected chi connectivity index (χ4v) is 3.05. The van der Waals surface area contributed by atoms with Gasteiger partial charge >= 0.3 is 5.97 Å². The van der Waals surface area contributed by atoms with E-state index in [0.29, 0.717) is 6.54 Å². The first-order chi connectivity index (χ1) is 8.97. The number of benzene rings is 1. The summed E-state index contributed by atoms with van der Waals surface area (Å²) >= 11 is 1.70. The van der Waals surface area contributed by atoms with Crippen molar-refractivity contribution in [3.05, 3.63) is 29.3 Å². The molecule has 0 aliphatic heterocycles. The summed E-state index contributed by atoms with van der Waals surface area (Å²) in [6.45, 7) is 0.481. The zero-order valence-electron chi connectivity index (χ0n) is 10.5. The minimum atomic E-state index is -1.34. The second-order valence-electron chi connectivity index (χ2n) is 4.71. The number of hydrogen-bond donors (Lipinski definition) is 2. The molecule has 0 amide bonds. The van der Waals surface area contributed by atoms with Gasteiger partial charge in [0.15, 0.2) is 0 Å². The molecule has 1 aliphatic carbocycles. The van der Waals surface area contributed by atoms with E-state index in [2.05, 4.69) is 5.32 Å². The number of rotatable bonds is 5. The normalized spacial score (nSPS) is 16.8. The van der Waals surface area contributed by atoms with Crippen LogP contribution in [0, 0.1) is 11.6 Å². The zero-order chi connectivity index (χ0) is 14.0. The highest BCUT2D eigenvalue weighted by atomic mass is 32.2. The maximum atomic E-state index is 13.7. The second-order valence-corrected chi connectivity index (χ2v) is 5.99. The molecule has 104 valence electrons. The van der Waals surface area contributed by atoms with Crippen molar-refractivity contribution in [3.8, 4) is 0 Å². The summed E-state index contributed by atoms with van der Waals surface area (Å²) in [5.74, 6) is -3.08. The van der Waals surface area contributed by atoms with Crippen molar-refractivity contribution in [2.45, 2.75) is 24.0 Å². The summed E-state index contributed by atoms with van der Waals surface area (Å²) in [7, 11) is 0. The molecule has 1 aromatic rings. The molecular formula is C13H15F2NO2S. The Labute approximate surface area is 114 Å². The Hall–Kier alpha value is -1.30. The molecule has 19 heavy (non-hydrogen) atoms. The molecule has 0 atom stereocenters. The number of carbonyl (C=O) groups is 1. The van der Waals surface area contributed by atoms with E-state index in [1.54, 1.807) is 11.8 Å². The van der Waals surface area contributed by atoms with Crippen molar-refractivity contribution in [3.63, 3.8) is 0 Å². The Morgan fingerprint density at radius 1 is 1.42 bits per heavy atom. The van der Waals surface area contributed by atoms with Gasteiger partial charge in [-0.25, -0.2) is 13.6 Å². The summed E-state index contributed by atoms with van der Waals surface area (Å²) in [4.78, 5) is 10.7. The van der Waals surface area contributed by atoms with Crippen LogP contribution in [0.4, 0.5) is 14.5 Å². The van der Waals surface area contributed by atoms with Gasteiger partial charge in [0, 0.05) is 11.3 Å². The van der Waals surface area contributed by atoms with E-state index in [1.165, 1.54) is 0 Å². The number of thioether (sulfide) groups is 1. The number of halogens is 2. The van der Waals surface area contributed by atoms with Crippen LogP contribution in [0.2, 0.25) is 0 Å². The van der Waals surface area contributed by atoms with Gasteiger partial charge in [0.2, 0.25) is 0 Å². The van der Waals surface area contributed by atoms with Gasteiger partial charge in [-0.3, -0.25) is 0 Å². The van der Waals surface area contributed by atoms with Gasteiger partial charge in [0.05, 0.1) is 5.56 Å². The van der Waals surface area contributed by atoms with Crippen molar-refractivity contribution in [1.29, 1.82) is 0 Å². The van der Waals surface area contributed by atoms with Crippen LogP contribution in [0.5, 0.6) is 0 Å². The van der Waals surface area contributed by atoms with Crippen LogP contribution in [0.1, 0.15) is 29.6 Å². The van der Waals surface area contributed by atoms with E-state index >= 15 is 0 Å². The number of hydrogen-bond acceptors (Lipinski definition) is 3. The van der Waals surface area contributed by atoms with E-state index in [1.807, 2.05) is 6.26 Å². The van der Waals surface area contributed by atoms with Crippen LogP contribution in [-0.4, -0.2) is 28.6 Å². The van der Waals surface area contributed by atoms with Crippen LogP contribution in [0.3, 0.4) is 0 Å². The van der Waals surface area contributed by atoms with Crippen molar-refractivity contribution >= 4 is 23.4 Å². The first-order valence-electron chi connectivity index (χ1n) is 5.99. The fraction of sp³-hybridized carbons (Fsp3) is 0.462. The van der Waals surface area contributed by atoms with Crippen LogP contribution < -0.4 is 5.32 Å². The molecule has 3 nitrogen and oxygen atoms in total. The molecule has 1 saturated carbocycles. The lowest BCUT2D eigenvalue weighted by Crippen LogP contribution is -2.40. The molecule has 1 fully saturated rings. The quantitative estimate of drug-likeness (QED) is 0.872. The lowest BCUT2D eigenvalue weighted by Gasteiger charge is -2.40. The van der Waals surface area contributed by atoms with Crippen LogP contribution >= 0.6 is 11.8 Å². The third kappa shape index (κ3) is 2.83. The second kappa shape index (κ2) is 5.36. The summed E-state index contributed by atoms with van der Waals surface area (Å²) < 4.78 is 27.4. The molecular weight excluding hydrogens is 272 g/mol. The molecule has 0 aromatic heterocycles. The molecule has 0 heterocycles. The molecule has 1 aromatic carbocycles. The minimum Gasteiger partial charge on any atom is -0.478 e. The first-order valence-corrected chi connectivity index (χ1v) is 7.21. The van der Waals surface area contributed by atoms with Crippen LogP contribution in [-0.2, 0) is 0 Å². The van der Waals surface area contributed by atoms with Crippen molar-refractivity contribution in [1.82, 2.24) is 0 Å². The Bertz CT molecular complexity index is 475. The third-order valence-corrected chi connectivity index (χ3v) is 4.99. The summed E-state index contributed by atoms with van der Waals surface area (Å²) in [6, 6.07) is 1.67. The first kappa shape index (κ1) is 14.1. The Morgan fingerprint density at radius 2 is 2.00 bits per heavy atom. The molecule has 1 aliphatic rings. The van der Waals surface area contributed by atoms with E-state index in [9.17, 15) is 13.6 Å². The van der Waals surface area contributed by atoms with Crippen molar-refractivity contribution < 1.29 is 18.7 Å². The Kier molecular flexibility index (Phi) is 3.99. The van der Waals surface area contributed by atoms with Gasteiger partial charge in [-0.15, -0.1) is 0 Å². The highest BCUT2D eigenvalue weighted by Gasteiger charge is 2.36. The van der Waals surface area contributed by atoms with Gasteiger partial charge < -0.3 is 10.4 Å². The molecule has 6 heteroatoms. The predicted octanol–water partition coefficient (Wildman–Crippen LogP) is 3.36. The molecule has 2 N–H and O–H groups in total. The maximum Gasteiger partial charge on any atom is 0.335 e. The Morgan fingerprint density at radius 3 is 2.37 bits per heavy atom. The predicted molar refractivity (Wildman–Crippen MR) is 71.9 cm³/mol. The SMILES string of the molecule is CSC1(CNc2c(F)cc(C(=O)O)cc2F)CCC1. The monoisotopic (exact) mass is 287 g/mol. The lowest BCUT2D eigenvalue weighted by atomic mass is 9.84. The van der Waals surface area contributed by atoms with Crippen LogP contribution in [0.15, 0.2) is 12.1 Å². The van der Waals surface area contributed by atoms with Crippen molar-refractivity contribution in [2.24, 2.45) is 0 Å². The molecule has 0 unspecified atom stereocenters. The standard InChI is InChI=1S/C13H15F2NO2S/c1-19-13(3-2-4-13)7-16-11-9(14)5-8(12(17)18)6-10(11)15/h5-6,16H,2-4,7H2,1H3,(H,17,18). The highest BCUT2D eigenvalue weighted by molar-refractivity contribution is 8.00. The molecule has 0 bridgehead atoms. The fourth-order valence-electron chi connectivity index (χ4n) is 2.14. The smallest absolute Gasteiger partial charge is 0.335 e. The summed E-state index contributed by atoms with van der Waals surface area (Å²) in [5.41, 5.74) is -0.630. The van der Waals surface area contributed by atoms with Gasteiger partial charge in [-0.2, -0.15) is 11.8 Å². The third-order valence-electron chi connectivity index (χ3n) is 3.57. The summed E-state index contributed by atoms with van der Waals surface area (Å²) in [6.07, 6.45) is 5.17. The molecule has 0 radical (unpaired) electrons. The van der Waals surface area contributed by atoms with Gasteiger partial charge in [0.25, 0.3) is 0 Å². The van der Waals surface area contributed by atoms with E-state index < -0.39 is 17.6 Å². The lowest BCUT2D eigenvalue weighted by molar-refractivity contribution is 0.0696.